The molecule has 1 amide bonds. The summed E-state index contributed by atoms with van der Waals surface area (Å²) < 4.78 is 29.0. The smallest absolute Gasteiger partial charge is 0.276 e. The Morgan fingerprint density at radius 2 is 1.81 bits per heavy atom. The van der Waals surface area contributed by atoms with Crippen molar-refractivity contribution in [3.63, 3.8) is 0 Å². The third-order valence-electron chi connectivity index (χ3n) is 5.37. The quantitative estimate of drug-likeness (QED) is 0.807. The van der Waals surface area contributed by atoms with Gasteiger partial charge in [-0.3, -0.25) is 9.48 Å². The van der Waals surface area contributed by atoms with E-state index in [2.05, 4.69) is 5.10 Å². The van der Waals surface area contributed by atoms with Gasteiger partial charge in [0.25, 0.3) is 5.91 Å². The summed E-state index contributed by atoms with van der Waals surface area (Å²) in [6.07, 6.45) is 3.56. The summed E-state index contributed by atoms with van der Waals surface area (Å²) >= 11 is 0. The molecule has 3 heterocycles. The highest BCUT2D eigenvalue weighted by molar-refractivity contribution is 7.89. The summed E-state index contributed by atoms with van der Waals surface area (Å²) in [5.41, 5.74) is 3.02. The van der Waals surface area contributed by atoms with Crippen LogP contribution in [0.2, 0.25) is 0 Å². The Morgan fingerprint density at radius 1 is 1.07 bits per heavy atom. The predicted octanol–water partition coefficient (Wildman–Crippen LogP) is 2.11. The van der Waals surface area contributed by atoms with Gasteiger partial charge < -0.3 is 4.90 Å². The molecule has 144 valence electrons. The van der Waals surface area contributed by atoms with E-state index in [9.17, 15) is 13.2 Å². The van der Waals surface area contributed by atoms with E-state index in [0.717, 1.165) is 36.2 Å². The summed E-state index contributed by atoms with van der Waals surface area (Å²) in [5, 5.41) is 4.24. The van der Waals surface area contributed by atoms with Crippen LogP contribution in [0.3, 0.4) is 0 Å². The highest BCUT2D eigenvalue weighted by atomic mass is 32.2. The molecule has 1 aromatic heterocycles. The number of anilines is 1. The van der Waals surface area contributed by atoms with Gasteiger partial charge in [-0.2, -0.15) is 9.40 Å². The number of piperidine rings is 1. The number of aryl methyl sites for hydroxylation is 2. The van der Waals surface area contributed by atoms with Crippen LogP contribution in [-0.2, 0) is 23.5 Å². The van der Waals surface area contributed by atoms with E-state index in [0.29, 0.717) is 36.6 Å². The number of nitrogens with zero attached hydrogens (tertiary/aromatic N) is 4. The number of carbonyl (C=O) groups excluding carboxylic acids is 1. The molecule has 2 aliphatic rings. The molecule has 1 aromatic carbocycles. The highest BCUT2D eigenvalue weighted by Crippen LogP contribution is 2.32. The molecule has 0 N–H and O–H groups in total. The van der Waals surface area contributed by atoms with E-state index in [1.807, 2.05) is 6.92 Å². The maximum atomic E-state index is 12.9. The summed E-state index contributed by atoms with van der Waals surface area (Å²) in [4.78, 5) is 15.0. The molecule has 1 saturated heterocycles. The molecule has 0 spiro atoms. The summed E-state index contributed by atoms with van der Waals surface area (Å²) in [6, 6.07) is 6.90. The predicted molar refractivity (Wildman–Crippen MR) is 102 cm³/mol. The second-order valence-electron chi connectivity index (χ2n) is 7.26. The zero-order chi connectivity index (χ0) is 19.2. The first-order chi connectivity index (χ1) is 12.9. The lowest BCUT2D eigenvalue weighted by Gasteiger charge is -2.26. The molecular formula is C19H24N4O3S. The molecule has 0 radical (unpaired) electrons. The largest absolute Gasteiger partial charge is 0.306 e. The SMILES string of the molecule is Cc1cc(C(=O)N2CCc3cc(S(=O)(=O)N4CCCCC4)ccc32)n(C)n1. The van der Waals surface area contributed by atoms with Crippen LogP contribution in [0.15, 0.2) is 29.2 Å². The van der Waals surface area contributed by atoms with E-state index in [1.54, 1.807) is 45.2 Å². The third kappa shape index (κ3) is 3.17. The van der Waals surface area contributed by atoms with Gasteiger partial charge in [0.15, 0.2) is 0 Å². The lowest BCUT2D eigenvalue weighted by atomic mass is 10.2. The van der Waals surface area contributed by atoms with Crippen LogP contribution in [0.25, 0.3) is 0 Å². The fourth-order valence-corrected chi connectivity index (χ4v) is 5.52. The molecule has 0 unspecified atom stereocenters. The van der Waals surface area contributed by atoms with Gasteiger partial charge >= 0.3 is 0 Å². The number of amides is 1. The third-order valence-corrected chi connectivity index (χ3v) is 7.26. The minimum Gasteiger partial charge on any atom is -0.306 e. The van der Waals surface area contributed by atoms with Crippen molar-refractivity contribution >= 4 is 21.6 Å². The normalized spacial score (nSPS) is 17.9. The van der Waals surface area contributed by atoms with Crippen molar-refractivity contribution in [1.82, 2.24) is 14.1 Å². The van der Waals surface area contributed by atoms with E-state index >= 15 is 0 Å². The summed E-state index contributed by atoms with van der Waals surface area (Å²) in [7, 11) is -1.71. The second-order valence-corrected chi connectivity index (χ2v) is 9.19. The molecule has 4 rings (SSSR count). The van der Waals surface area contributed by atoms with Gasteiger partial charge in [-0.25, -0.2) is 8.42 Å². The maximum Gasteiger partial charge on any atom is 0.276 e. The standard InChI is InChI=1S/C19H24N4O3S/c1-14-12-18(21(2)20-14)19(24)23-11-8-15-13-16(6-7-17(15)23)27(25,26)22-9-4-3-5-10-22/h6-7,12-13H,3-5,8-11H2,1-2H3. The van der Waals surface area contributed by atoms with E-state index < -0.39 is 10.0 Å². The summed E-state index contributed by atoms with van der Waals surface area (Å²) in [6.45, 7) is 3.58. The van der Waals surface area contributed by atoms with E-state index in [4.69, 9.17) is 0 Å². The maximum absolute atomic E-state index is 12.9. The van der Waals surface area contributed by atoms with Crippen molar-refractivity contribution < 1.29 is 13.2 Å². The molecule has 27 heavy (non-hydrogen) atoms. The molecule has 7 nitrogen and oxygen atoms in total. The molecule has 1 fully saturated rings. The van der Waals surface area contributed by atoms with Crippen LogP contribution in [0.1, 0.15) is 41.0 Å². The Balaban J connectivity index is 1.62. The van der Waals surface area contributed by atoms with Crippen LogP contribution < -0.4 is 4.90 Å². The topological polar surface area (TPSA) is 75.5 Å². The molecule has 0 saturated carbocycles. The molecule has 2 aliphatic heterocycles. The van der Waals surface area contributed by atoms with E-state index in [1.165, 1.54) is 0 Å². The van der Waals surface area contributed by atoms with E-state index in [-0.39, 0.29) is 5.91 Å². The number of hydrogen-bond acceptors (Lipinski definition) is 4. The van der Waals surface area contributed by atoms with Crippen molar-refractivity contribution in [2.45, 2.75) is 37.5 Å². The Kier molecular flexibility index (Phi) is 4.55. The Morgan fingerprint density at radius 3 is 2.48 bits per heavy atom. The Bertz CT molecular complexity index is 990. The monoisotopic (exact) mass is 388 g/mol. The molecule has 8 heteroatoms. The average Bonchev–Trinajstić information content (AvgIpc) is 3.24. The molecule has 0 bridgehead atoms. The fraction of sp³-hybridized carbons (Fsp3) is 0.474. The number of fused-ring (bicyclic) bond motifs is 1. The molecule has 0 atom stereocenters. The van der Waals surface area contributed by atoms with Crippen molar-refractivity contribution in [2.75, 3.05) is 24.5 Å². The van der Waals surface area contributed by atoms with Crippen LogP contribution in [0.4, 0.5) is 5.69 Å². The Labute approximate surface area is 159 Å². The van der Waals surface area contributed by atoms with Crippen LogP contribution in [0.5, 0.6) is 0 Å². The lowest BCUT2D eigenvalue weighted by Crippen LogP contribution is -2.35. The van der Waals surface area contributed by atoms with Crippen molar-refractivity contribution in [2.24, 2.45) is 7.05 Å². The van der Waals surface area contributed by atoms with Crippen LogP contribution in [-0.4, -0.2) is 48.0 Å². The van der Waals surface area contributed by atoms with Crippen molar-refractivity contribution in [1.29, 1.82) is 0 Å². The van der Waals surface area contributed by atoms with Crippen LogP contribution in [0, 0.1) is 6.92 Å². The number of carbonyl (C=O) groups is 1. The van der Waals surface area contributed by atoms with Gasteiger partial charge in [0, 0.05) is 32.4 Å². The lowest BCUT2D eigenvalue weighted by molar-refractivity contribution is 0.0980. The van der Waals surface area contributed by atoms with Gasteiger partial charge in [-0.05, 0) is 56.0 Å². The molecule has 0 aliphatic carbocycles. The zero-order valence-electron chi connectivity index (χ0n) is 15.7. The first-order valence-corrected chi connectivity index (χ1v) is 10.8. The van der Waals surface area contributed by atoms with Crippen molar-refractivity contribution in [3.05, 3.63) is 41.2 Å². The minimum atomic E-state index is -3.46. The number of sulfonamides is 1. The number of hydrogen-bond donors (Lipinski definition) is 0. The zero-order valence-corrected chi connectivity index (χ0v) is 16.5. The molecule has 2 aromatic rings. The first kappa shape index (κ1) is 18.2. The Hall–Kier alpha value is -2.19. The fourth-order valence-electron chi connectivity index (χ4n) is 3.95. The average molecular weight is 388 g/mol. The van der Waals surface area contributed by atoms with Gasteiger partial charge in [-0.1, -0.05) is 6.42 Å². The van der Waals surface area contributed by atoms with Gasteiger partial charge in [0.05, 0.1) is 10.6 Å². The van der Waals surface area contributed by atoms with Crippen molar-refractivity contribution in [3.8, 4) is 0 Å². The minimum absolute atomic E-state index is 0.108. The number of benzene rings is 1. The molecular weight excluding hydrogens is 364 g/mol. The highest BCUT2D eigenvalue weighted by Gasteiger charge is 2.31. The number of aromatic nitrogens is 2. The van der Waals surface area contributed by atoms with Gasteiger partial charge in [-0.15, -0.1) is 0 Å². The summed E-state index contributed by atoms with van der Waals surface area (Å²) in [5.74, 6) is -0.108. The second kappa shape index (κ2) is 6.76. The first-order valence-electron chi connectivity index (χ1n) is 9.33. The number of rotatable bonds is 3. The van der Waals surface area contributed by atoms with Gasteiger partial charge in [0.1, 0.15) is 5.69 Å². The van der Waals surface area contributed by atoms with Crippen LogP contribution >= 0.6 is 0 Å². The van der Waals surface area contributed by atoms with Gasteiger partial charge in [0.2, 0.25) is 10.0 Å².